The Balaban J connectivity index is 2.03. The molecule has 0 bridgehead atoms. The molecule has 0 aliphatic carbocycles. The maximum atomic E-state index is 8.98. The van der Waals surface area contributed by atoms with Crippen LogP contribution in [-0.4, -0.2) is 18.3 Å². The van der Waals surface area contributed by atoms with Crippen molar-refractivity contribution in [2.45, 2.75) is 19.8 Å². The van der Waals surface area contributed by atoms with Gasteiger partial charge < -0.3 is 10.4 Å². The Bertz CT molecular complexity index is 495. The maximum absolute atomic E-state index is 8.98. The molecule has 2 nitrogen and oxygen atoms in total. The van der Waals surface area contributed by atoms with E-state index in [9.17, 15) is 0 Å². The molecule has 0 radical (unpaired) electrons. The number of hydrogen-bond acceptors (Lipinski definition) is 2. The van der Waals surface area contributed by atoms with Gasteiger partial charge in [0, 0.05) is 18.8 Å². The third-order valence-corrected chi connectivity index (χ3v) is 3.46. The first-order valence-electron chi connectivity index (χ1n) is 6.67. The Hall–Kier alpha value is -1.54. The molecule has 1 atom stereocenters. The Kier molecular flexibility index (Phi) is 4.59. The quantitative estimate of drug-likeness (QED) is 0.811. The molecule has 0 aliphatic heterocycles. The standard InChI is InChI=1S/C16H21NO/c1-2-13(9-10-18)12-17-16-8-7-14-5-3-4-6-15(14)11-16/h3-8,11,13,17-18H,2,9-10,12H2,1H3. The van der Waals surface area contributed by atoms with Crippen LogP contribution in [0.25, 0.3) is 10.8 Å². The van der Waals surface area contributed by atoms with Crippen molar-refractivity contribution in [2.24, 2.45) is 5.92 Å². The number of aliphatic hydroxyl groups excluding tert-OH is 1. The van der Waals surface area contributed by atoms with Crippen molar-refractivity contribution >= 4 is 16.5 Å². The number of hydrogen-bond donors (Lipinski definition) is 2. The van der Waals surface area contributed by atoms with E-state index in [0.717, 1.165) is 25.1 Å². The summed E-state index contributed by atoms with van der Waals surface area (Å²) in [5.74, 6) is 0.543. The third-order valence-electron chi connectivity index (χ3n) is 3.46. The van der Waals surface area contributed by atoms with Crippen molar-refractivity contribution in [3.05, 3.63) is 42.5 Å². The predicted molar refractivity (Wildman–Crippen MR) is 77.9 cm³/mol. The minimum absolute atomic E-state index is 0.276. The van der Waals surface area contributed by atoms with Crippen LogP contribution in [0, 0.1) is 5.92 Å². The summed E-state index contributed by atoms with van der Waals surface area (Å²) in [5.41, 5.74) is 1.16. The lowest BCUT2D eigenvalue weighted by atomic mass is 10.0. The molecule has 2 rings (SSSR count). The van der Waals surface area contributed by atoms with Gasteiger partial charge in [-0.05, 0) is 35.2 Å². The lowest BCUT2D eigenvalue weighted by molar-refractivity contribution is 0.258. The van der Waals surface area contributed by atoms with Crippen molar-refractivity contribution < 1.29 is 5.11 Å². The summed E-state index contributed by atoms with van der Waals surface area (Å²) in [5, 5.41) is 15.0. The molecule has 0 spiro atoms. The van der Waals surface area contributed by atoms with Crippen molar-refractivity contribution in [3.63, 3.8) is 0 Å². The molecule has 0 aliphatic rings. The first kappa shape index (κ1) is 12.9. The highest BCUT2D eigenvalue weighted by Crippen LogP contribution is 2.19. The number of nitrogens with one attached hydrogen (secondary N) is 1. The van der Waals surface area contributed by atoms with Gasteiger partial charge >= 0.3 is 0 Å². The van der Waals surface area contributed by atoms with Gasteiger partial charge in [0.2, 0.25) is 0 Å². The molecular weight excluding hydrogens is 222 g/mol. The second-order valence-corrected chi connectivity index (χ2v) is 4.73. The number of fused-ring (bicyclic) bond motifs is 1. The molecular formula is C16H21NO. The van der Waals surface area contributed by atoms with Gasteiger partial charge in [0.25, 0.3) is 0 Å². The molecule has 0 saturated carbocycles. The first-order valence-corrected chi connectivity index (χ1v) is 6.67. The number of benzene rings is 2. The third kappa shape index (κ3) is 3.23. The minimum atomic E-state index is 0.276. The molecule has 0 saturated heterocycles. The SMILES string of the molecule is CCC(CCO)CNc1ccc2ccccc2c1. The van der Waals surface area contributed by atoms with Crippen LogP contribution in [0.15, 0.2) is 42.5 Å². The molecule has 0 heterocycles. The van der Waals surface area contributed by atoms with Crippen molar-refractivity contribution in [3.8, 4) is 0 Å². The second kappa shape index (κ2) is 6.41. The maximum Gasteiger partial charge on any atom is 0.0434 e. The Morgan fingerprint density at radius 2 is 1.89 bits per heavy atom. The van der Waals surface area contributed by atoms with Crippen molar-refractivity contribution in [1.29, 1.82) is 0 Å². The van der Waals surface area contributed by atoms with E-state index < -0.39 is 0 Å². The van der Waals surface area contributed by atoms with Crippen LogP contribution in [0.5, 0.6) is 0 Å². The molecule has 1 unspecified atom stereocenters. The highest BCUT2D eigenvalue weighted by molar-refractivity contribution is 5.85. The molecule has 2 heteroatoms. The van der Waals surface area contributed by atoms with Crippen LogP contribution in [0.3, 0.4) is 0 Å². The van der Waals surface area contributed by atoms with Gasteiger partial charge in [0.05, 0.1) is 0 Å². The first-order chi connectivity index (χ1) is 8.83. The van der Waals surface area contributed by atoms with Gasteiger partial charge in [-0.15, -0.1) is 0 Å². The second-order valence-electron chi connectivity index (χ2n) is 4.73. The average molecular weight is 243 g/mol. The summed E-state index contributed by atoms with van der Waals surface area (Å²) in [6, 6.07) is 14.8. The van der Waals surface area contributed by atoms with Crippen LogP contribution >= 0.6 is 0 Å². The van der Waals surface area contributed by atoms with Gasteiger partial charge in [-0.2, -0.15) is 0 Å². The highest BCUT2D eigenvalue weighted by atomic mass is 16.3. The molecule has 96 valence electrons. The fourth-order valence-corrected chi connectivity index (χ4v) is 2.19. The summed E-state index contributed by atoms with van der Waals surface area (Å²) in [6.45, 7) is 3.37. The van der Waals surface area contributed by atoms with E-state index >= 15 is 0 Å². The molecule has 2 aromatic rings. The zero-order chi connectivity index (χ0) is 12.8. The molecule has 0 fully saturated rings. The van der Waals surface area contributed by atoms with Gasteiger partial charge in [-0.1, -0.05) is 43.7 Å². The summed E-state index contributed by atoms with van der Waals surface area (Å²) in [6.07, 6.45) is 1.97. The van der Waals surface area contributed by atoms with Gasteiger partial charge in [-0.25, -0.2) is 0 Å². The van der Waals surface area contributed by atoms with Gasteiger partial charge in [0.15, 0.2) is 0 Å². The van der Waals surface area contributed by atoms with Crippen LogP contribution in [0.1, 0.15) is 19.8 Å². The number of aliphatic hydroxyl groups is 1. The van der Waals surface area contributed by atoms with E-state index in [1.165, 1.54) is 10.8 Å². The topological polar surface area (TPSA) is 32.3 Å². The zero-order valence-electron chi connectivity index (χ0n) is 10.9. The molecule has 0 aromatic heterocycles. The van der Waals surface area contributed by atoms with E-state index in [1.807, 2.05) is 0 Å². The van der Waals surface area contributed by atoms with E-state index in [1.54, 1.807) is 0 Å². The molecule has 2 N–H and O–H groups in total. The molecule has 2 aromatic carbocycles. The Morgan fingerprint density at radius 3 is 2.61 bits per heavy atom. The van der Waals surface area contributed by atoms with E-state index in [4.69, 9.17) is 5.11 Å². The lowest BCUT2D eigenvalue weighted by Crippen LogP contribution is -2.14. The normalized spacial score (nSPS) is 12.6. The van der Waals surface area contributed by atoms with Crippen LogP contribution in [-0.2, 0) is 0 Å². The summed E-state index contributed by atoms with van der Waals surface area (Å²) in [4.78, 5) is 0. The van der Waals surface area contributed by atoms with E-state index in [-0.39, 0.29) is 6.61 Å². The van der Waals surface area contributed by atoms with E-state index in [0.29, 0.717) is 5.92 Å². The Labute approximate surface area is 109 Å². The fourth-order valence-electron chi connectivity index (χ4n) is 2.19. The number of anilines is 1. The molecule has 18 heavy (non-hydrogen) atoms. The zero-order valence-corrected chi connectivity index (χ0v) is 10.9. The fraction of sp³-hybridized carbons (Fsp3) is 0.375. The smallest absolute Gasteiger partial charge is 0.0434 e. The summed E-state index contributed by atoms with van der Waals surface area (Å²) in [7, 11) is 0. The van der Waals surface area contributed by atoms with Crippen LogP contribution in [0.4, 0.5) is 5.69 Å². The Morgan fingerprint density at radius 1 is 1.11 bits per heavy atom. The summed E-state index contributed by atoms with van der Waals surface area (Å²) >= 11 is 0. The van der Waals surface area contributed by atoms with Crippen molar-refractivity contribution in [2.75, 3.05) is 18.5 Å². The van der Waals surface area contributed by atoms with E-state index in [2.05, 4.69) is 54.7 Å². The largest absolute Gasteiger partial charge is 0.396 e. The highest BCUT2D eigenvalue weighted by Gasteiger charge is 2.05. The van der Waals surface area contributed by atoms with Crippen LogP contribution < -0.4 is 5.32 Å². The minimum Gasteiger partial charge on any atom is -0.396 e. The lowest BCUT2D eigenvalue weighted by Gasteiger charge is -2.15. The van der Waals surface area contributed by atoms with Gasteiger partial charge in [0.1, 0.15) is 0 Å². The molecule has 0 amide bonds. The van der Waals surface area contributed by atoms with Gasteiger partial charge in [-0.3, -0.25) is 0 Å². The summed E-state index contributed by atoms with van der Waals surface area (Å²) < 4.78 is 0. The predicted octanol–water partition coefficient (Wildman–Crippen LogP) is 3.66. The van der Waals surface area contributed by atoms with Crippen molar-refractivity contribution in [1.82, 2.24) is 0 Å². The average Bonchev–Trinajstić information content (AvgIpc) is 2.43. The van der Waals surface area contributed by atoms with Crippen LogP contribution in [0.2, 0.25) is 0 Å². The number of rotatable bonds is 6. The monoisotopic (exact) mass is 243 g/mol.